The van der Waals surface area contributed by atoms with Gasteiger partial charge in [-0.2, -0.15) is 5.10 Å². The molecule has 1 aliphatic heterocycles. The Hall–Kier alpha value is -2.83. The minimum Gasteiger partial charge on any atom is -0.494 e. The van der Waals surface area contributed by atoms with Crippen molar-refractivity contribution in [2.75, 3.05) is 50.8 Å². The molecule has 36 heavy (non-hydrogen) atoms. The molecule has 0 radical (unpaired) electrons. The number of hydrogen-bond donors (Lipinski definition) is 0. The van der Waals surface area contributed by atoms with Crippen LogP contribution in [0.25, 0.3) is 5.69 Å². The van der Waals surface area contributed by atoms with Crippen LogP contribution in [0, 0.1) is 0 Å². The third kappa shape index (κ3) is 6.29. The lowest BCUT2D eigenvalue weighted by Crippen LogP contribution is -2.47. The molecule has 0 unspecified atom stereocenters. The second-order valence-electron chi connectivity index (χ2n) is 9.56. The van der Waals surface area contributed by atoms with Gasteiger partial charge in [-0.15, -0.1) is 0 Å². The van der Waals surface area contributed by atoms with E-state index in [1.807, 2.05) is 13.0 Å². The normalized spacial score (nSPS) is 14.5. The van der Waals surface area contributed by atoms with Gasteiger partial charge in [-0.1, -0.05) is 51.1 Å². The van der Waals surface area contributed by atoms with Gasteiger partial charge < -0.3 is 14.5 Å². The van der Waals surface area contributed by atoms with Crippen molar-refractivity contribution in [3.8, 4) is 11.4 Å². The first-order valence-electron chi connectivity index (χ1n) is 13.7. The number of para-hydroxylation sites is 1. The second kappa shape index (κ2) is 12.9. The smallest absolute Gasteiger partial charge is 0.137 e. The number of aromatic nitrogens is 2. The Bertz CT molecular complexity index is 1070. The number of hydrogen-bond acceptors (Lipinski definition) is 5. The van der Waals surface area contributed by atoms with E-state index < -0.39 is 0 Å². The van der Waals surface area contributed by atoms with E-state index >= 15 is 0 Å². The first kappa shape index (κ1) is 26.2. The summed E-state index contributed by atoms with van der Waals surface area (Å²) in [5.74, 6) is 2.23. The van der Waals surface area contributed by atoms with E-state index in [0.29, 0.717) is 6.61 Å². The van der Waals surface area contributed by atoms with Crippen LogP contribution in [0.4, 0.5) is 5.82 Å². The Kier molecular flexibility index (Phi) is 9.42. The van der Waals surface area contributed by atoms with Gasteiger partial charge in [-0.3, -0.25) is 4.90 Å². The highest BCUT2D eigenvalue weighted by atomic mass is 16.5. The van der Waals surface area contributed by atoms with Crippen molar-refractivity contribution in [2.24, 2.45) is 0 Å². The van der Waals surface area contributed by atoms with Gasteiger partial charge in [-0.25, -0.2) is 4.68 Å². The quantitative estimate of drug-likeness (QED) is 0.341. The van der Waals surface area contributed by atoms with Crippen molar-refractivity contribution in [3.63, 3.8) is 0 Å². The first-order valence-corrected chi connectivity index (χ1v) is 13.7. The summed E-state index contributed by atoms with van der Waals surface area (Å²) in [5.41, 5.74) is 5.01. The summed E-state index contributed by atoms with van der Waals surface area (Å²) < 4.78 is 7.97. The molecule has 1 aromatic heterocycles. The highest BCUT2D eigenvalue weighted by Crippen LogP contribution is 2.31. The van der Waals surface area contributed by atoms with E-state index in [4.69, 9.17) is 9.84 Å². The average molecular weight is 490 g/mol. The van der Waals surface area contributed by atoms with E-state index in [-0.39, 0.29) is 0 Å². The van der Waals surface area contributed by atoms with E-state index in [9.17, 15) is 0 Å². The van der Waals surface area contributed by atoms with Gasteiger partial charge >= 0.3 is 0 Å². The molecule has 4 rings (SSSR count). The van der Waals surface area contributed by atoms with Crippen molar-refractivity contribution < 1.29 is 4.74 Å². The number of anilines is 1. The molecule has 0 spiro atoms. The van der Waals surface area contributed by atoms with Gasteiger partial charge in [0, 0.05) is 44.8 Å². The highest BCUT2D eigenvalue weighted by molar-refractivity contribution is 5.56. The minimum atomic E-state index is 0.690. The van der Waals surface area contributed by atoms with Gasteiger partial charge in [0.15, 0.2) is 0 Å². The molecule has 0 saturated carbocycles. The van der Waals surface area contributed by atoms with Gasteiger partial charge in [0.1, 0.15) is 11.6 Å². The minimum absolute atomic E-state index is 0.690. The molecule has 0 aliphatic carbocycles. The lowest BCUT2D eigenvalue weighted by Gasteiger charge is -2.36. The Morgan fingerprint density at radius 1 is 0.889 bits per heavy atom. The zero-order chi connectivity index (χ0) is 25.3. The molecule has 194 valence electrons. The van der Waals surface area contributed by atoms with Crippen LogP contribution < -0.4 is 9.64 Å². The summed E-state index contributed by atoms with van der Waals surface area (Å²) in [4.78, 5) is 7.68. The van der Waals surface area contributed by atoms with Gasteiger partial charge in [0.05, 0.1) is 18.0 Å². The van der Waals surface area contributed by atoms with E-state index in [0.717, 1.165) is 76.6 Å². The summed E-state index contributed by atoms with van der Waals surface area (Å²) in [5, 5.41) is 5.19. The predicted molar refractivity (Wildman–Crippen MR) is 149 cm³/mol. The Morgan fingerprint density at radius 3 is 2.33 bits per heavy atom. The molecule has 1 aliphatic rings. The van der Waals surface area contributed by atoms with Crippen LogP contribution in [-0.4, -0.2) is 65.5 Å². The average Bonchev–Trinajstić information content (AvgIpc) is 3.28. The molecule has 3 aromatic rings. The van der Waals surface area contributed by atoms with E-state index in [1.165, 1.54) is 22.6 Å². The van der Waals surface area contributed by atoms with Crippen LogP contribution in [0.5, 0.6) is 5.75 Å². The number of piperazine rings is 1. The number of aryl methyl sites for hydroxylation is 1. The molecule has 6 nitrogen and oxygen atoms in total. The van der Waals surface area contributed by atoms with Crippen molar-refractivity contribution in [1.82, 2.24) is 19.6 Å². The summed E-state index contributed by atoms with van der Waals surface area (Å²) in [7, 11) is 0. The van der Waals surface area contributed by atoms with Crippen LogP contribution in [0.2, 0.25) is 0 Å². The molecular weight excluding hydrogens is 446 g/mol. The molecule has 6 heteroatoms. The van der Waals surface area contributed by atoms with Crippen molar-refractivity contribution >= 4 is 5.82 Å². The molecule has 2 aromatic carbocycles. The zero-order valence-corrected chi connectivity index (χ0v) is 22.6. The standard InChI is InChI=1S/C30H43N5O/c1-5-17-33(23-25-13-12-16-27(22-25)36-8-4)24-28-29(6-2)31-35(26-14-10-9-11-15-26)30(28)34-20-18-32(7-3)19-21-34/h9-16,22H,5-8,17-21,23-24H2,1-4H3. The molecule has 0 amide bonds. The van der Waals surface area contributed by atoms with Gasteiger partial charge in [0.2, 0.25) is 0 Å². The number of ether oxygens (including phenoxy) is 1. The Labute approximate surface area is 217 Å². The lowest BCUT2D eigenvalue weighted by atomic mass is 10.1. The first-order chi connectivity index (χ1) is 17.7. The third-order valence-corrected chi connectivity index (χ3v) is 7.03. The molecular formula is C30H43N5O. The summed E-state index contributed by atoms with van der Waals surface area (Å²) in [6.45, 7) is 17.7. The van der Waals surface area contributed by atoms with Crippen LogP contribution in [0.1, 0.15) is 50.9 Å². The van der Waals surface area contributed by atoms with E-state index in [1.54, 1.807) is 0 Å². The molecule has 0 N–H and O–H groups in total. The number of benzene rings is 2. The largest absolute Gasteiger partial charge is 0.494 e. The maximum absolute atomic E-state index is 5.77. The fraction of sp³-hybridized carbons (Fsp3) is 0.500. The summed E-state index contributed by atoms with van der Waals surface area (Å²) in [6, 6.07) is 19.2. The van der Waals surface area contributed by atoms with Crippen LogP contribution in [0.15, 0.2) is 54.6 Å². The number of likely N-dealkylation sites (N-methyl/N-ethyl adjacent to an activating group) is 1. The van der Waals surface area contributed by atoms with Crippen molar-refractivity contribution in [3.05, 3.63) is 71.4 Å². The van der Waals surface area contributed by atoms with Crippen LogP contribution in [0.3, 0.4) is 0 Å². The molecule has 1 saturated heterocycles. The maximum atomic E-state index is 5.77. The second-order valence-corrected chi connectivity index (χ2v) is 9.56. The fourth-order valence-electron chi connectivity index (χ4n) is 5.19. The SMILES string of the molecule is CCCN(Cc1cccc(OCC)c1)Cc1c(CC)nn(-c2ccccc2)c1N1CCN(CC)CC1. The number of nitrogens with zero attached hydrogens (tertiary/aromatic N) is 5. The predicted octanol–water partition coefficient (Wildman–Crippen LogP) is 5.39. The highest BCUT2D eigenvalue weighted by Gasteiger charge is 2.27. The molecule has 1 fully saturated rings. The Morgan fingerprint density at radius 2 is 1.67 bits per heavy atom. The fourth-order valence-corrected chi connectivity index (χ4v) is 5.19. The summed E-state index contributed by atoms with van der Waals surface area (Å²) in [6.07, 6.45) is 2.04. The van der Waals surface area contributed by atoms with Gasteiger partial charge in [0.25, 0.3) is 0 Å². The third-order valence-electron chi connectivity index (χ3n) is 7.03. The van der Waals surface area contributed by atoms with Crippen LogP contribution >= 0.6 is 0 Å². The zero-order valence-electron chi connectivity index (χ0n) is 22.6. The van der Waals surface area contributed by atoms with Crippen molar-refractivity contribution in [2.45, 2.75) is 53.6 Å². The monoisotopic (exact) mass is 489 g/mol. The maximum Gasteiger partial charge on any atom is 0.137 e. The molecule has 0 bridgehead atoms. The Balaban J connectivity index is 1.69. The lowest BCUT2D eigenvalue weighted by molar-refractivity contribution is 0.254. The molecule has 2 heterocycles. The summed E-state index contributed by atoms with van der Waals surface area (Å²) >= 11 is 0. The molecule has 0 atom stereocenters. The van der Waals surface area contributed by atoms with Gasteiger partial charge in [-0.05, 0) is 62.7 Å². The van der Waals surface area contributed by atoms with Crippen molar-refractivity contribution in [1.29, 1.82) is 0 Å². The topological polar surface area (TPSA) is 36.8 Å². The number of rotatable bonds is 12. The van der Waals surface area contributed by atoms with Crippen LogP contribution in [-0.2, 0) is 19.5 Å². The van der Waals surface area contributed by atoms with E-state index in [2.05, 4.69) is 88.7 Å².